The first-order chi connectivity index (χ1) is 10.0. The molecular formula is C13H13N5O2S. The minimum Gasteiger partial charge on any atom is -0.315 e. The Morgan fingerprint density at radius 3 is 2.86 bits per heavy atom. The lowest BCUT2D eigenvalue weighted by atomic mass is 10.1. The molecule has 2 aromatic rings. The first-order valence-electron chi connectivity index (χ1n) is 6.40. The summed E-state index contributed by atoms with van der Waals surface area (Å²) in [5.41, 5.74) is 1.13. The van der Waals surface area contributed by atoms with Crippen LogP contribution < -0.4 is 0 Å². The van der Waals surface area contributed by atoms with Crippen LogP contribution in [0.5, 0.6) is 0 Å². The van der Waals surface area contributed by atoms with Crippen molar-refractivity contribution in [2.24, 2.45) is 0 Å². The summed E-state index contributed by atoms with van der Waals surface area (Å²) in [6.45, 7) is 2.86. The Morgan fingerprint density at radius 2 is 2.14 bits per heavy atom. The summed E-state index contributed by atoms with van der Waals surface area (Å²) < 4.78 is 28.5. The van der Waals surface area contributed by atoms with Crippen molar-refractivity contribution in [2.75, 3.05) is 6.54 Å². The molecule has 0 unspecified atom stereocenters. The maximum absolute atomic E-state index is 12.7. The molecule has 1 aliphatic rings. The quantitative estimate of drug-likeness (QED) is 0.812. The number of nitrogens with zero attached hydrogens (tertiary/aromatic N) is 5. The number of nitriles is 1. The van der Waals surface area contributed by atoms with E-state index in [1.165, 1.54) is 22.5 Å². The average Bonchev–Trinajstić information content (AvgIpc) is 2.94. The zero-order valence-corrected chi connectivity index (χ0v) is 12.2. The maximum atomic E-state index is 12.7. The van der Waals surface area contributed by atoms with Crippen LogP contribution in [0, 0.1) is 18.3 Å². The van der Waals surface area contributed by atoms with Crippen LogP contribution >= 0.6 is 0 Å². The van der Waals surface area contributed by atoms with E-state index in [4.69, 9.17) is 5.26 Å². The highest BCUT2D eigenvalue weighted by Crippen LogP contribution is 2.22. The third kappa shape index (κ3) is 2.30. The monoisotopic (exact) mass is 303 g/mol. The highest BCUT2D eigenvalue weighted by Gasteiger charge is 2.29. The molecular weight excluding hydrogens is 290 g/mol. The lowest BCUT2D eigenvalue weighted by Gasteiger charge is -2.26. The molecule has 0 atom stereocenters. The van der Waals surface area contributed by atoms with E-state index >= 15 is 0 Å². The summed E-state index contributed by atoms with van der Waals surface area (Å²) in [6, 6.07) is 6.58. The van der Waals surface area contributed by atoms with Crippen molar-refractivity contribution in [3.63, 3.8) is 0 Å². The van der Waals surface area contributed by atoms with Gasteiger partial charge in [-0.05, 0) is 30.7 Å². The number of fused-ring (bicyclic) bond motifs is 1. The normalized spacial score (nSPS) is 15.4. The zero-order chi connectivity index (χ0) is 15.0. The topological polar surface area (TPSA) is 91.9 Å². The Labute approximate surface area is 122 Å². The molecule has 2 heterocycles. The molecule has 0 N–H and O–H groups in total. The highest BCUT2D eigenvalue weighted by atomic mass is 32.2. The summed E-state index contributed by atoms with van der Waals surface area (Å²) in [5, 5.41) is 16.6. The lowest BCUT2D eigenvalue weighted by molar-refractivity contribution is 0.335. The van der Waals surface area contributed by atoms with Gasteiger partial charge >= 0.3 is 0 Å². The van der Waals surface area contributed by atoms with E-state index < -0.39 is 10.0 Å². The molecule has 0 saturated carbocycles. The van der Waals surface area contributed by atoms with Crippen LogP contribution in [0.25, 0.3) is 0 Å². The molecule has 7 nitrogen and oxygen atoms in total. The van der Waals surface area contributed by atoms with Crippen LogP contribution in [0.4, 0.5) is 0 Å². The second kappa shape index (κ2) is 4.95. The minimum atomic E-state index is -3.59. The second-order valence-corrected chi connectivity index (χ2v) is 6.81. The summed E-state index contributed by atoms with van der Waals surface area (Å²) >= 11 is 0. The Kier molecular flexibility index (Phi) is 3.23. The van der Waals surface area contributed by atoms with E-state index in [0.29, 0.717) is 30.0 Å². The van der Waals surface area contributed by atoms with Crippen molar-refractivity contribution in [2.45, 2.75) is 24.9 Å². The van der Waals surface area contributed by atoms with Gasteiger partial charge in [-0.25, -0.2) is 8.42 Å². The average molecular weight is 303 g/mol. The molecule has 0 spiro atoms. The first-order valence-corrected chi connectivity index (χ1v) is 7.84. The Balaban J connectivity index is 1.95. The number of rotatable bonds is 2. The molecule has 0 saturated heterocycles. The standard InChI is InChI=1S/C13H13N5O2S/c1-10-6-12(3-2-11(10)7-14)21(19,20)18-5-4-17-9-15-16-13(17)8-18/h2-3,6,9H,4-5,8H2,1H3. The molecule has 0 bridgehead atoms. The van der Waals surface area contributed by atoms with E-state index in [1.807, 2.05) is 10.6 Å². The Bertz CT molecular complexity index is 834. The fourth-order valence-corrected chi connectivity index (χ4v) is 3.79. The summed E-state index contributed by atoms with van der Waals surface area (Å²) in [4.78, 5) is 0.201. The highest BCUT2D eigenvalue weighted by molar-refractivity contribution is 7.89. The van der Waals surface area contributed by atoms with Crippen molar-refractivity contribution in [3.8, 4) is 6.07 Å². The molecule has 8 heteroatoms. The van der Waals surface area contributed by atoms with Gasteiger partial charge in [-0.15, -0.1) is 10.2 Å². The van der Waals surface area contributed by atoms with E-state index in [0.717, 1.165) is 0 Å². The summed E-state index contributed by atoms with van der Waals surface area (Å²) in [5.74, 6) is 0.634. The van der Waals surface area contributed by atoms with E-state index in [9.17, 15) is 8.42 Å². The number of benzene rings is 1. The molecule has 1 aliphatic heterocycles. The maximum Gasteiger partial charge on any atom is 0.243 e. The van der Waals surface area contributed by atoms with E-state index in [-0.39, 0.29) is 11.4 Å². The zero-order valence-electron chi connectivity index (χ0n) is 11.4. The van der Waals surface area contributed by atoms with Gasteiger partial charge in [0.05, 0.1) is 23.1 Å². The SMILES string of the molecule is Cc1cc(S(=O)(=O)N2CCn3cnnc3C2)ccc1C#N. The van der Waals surface area contributed by atoms with Crippen LogP contribution in [-0.4, -0.2) is 34.0 Å². The van der Waals surface area contributed by atoms with E-state index in [1.54, 1.807) is 13.3 Å². The first kappa shape index (κ1) is 13.7. The molecule has 1 aromatic carbocycles. The molecule has 0 fully saturated rings. The van der Waals surface area contributed by atoms with Crippen molar-refractivity contribution in [1.82, 2.24) is 19.1 Å². The predicted octanol–water partition coefficient (Wildman–Crippen LogP) is 0.663. The van der Waals surface area contributed by atoms with Gasteiger partial charge in [-0.1, -0.05) is 0 Å². The fourth-order valence-electron chi connectivity index (χ4n) is 2.32. The van der Waals surface area contributed by atoms with Gasteiger partial charge in [0, 0.05) is 13.1 Å². The minimum absolute atomic E-state index is 0.201. The van der Waals surface area contributed by atoms with Crippen molar-refractivity contribution in [3.05, 3.63) is 41.5 Å². The van der Waals surface area contributed by atoms with Crippen molar-refractivity contribution < 1.29 is 8.42 Å². The van der Waals surface area contributed by atoms with Gasteiger partial charge in [-0.3, -0.25) is 0 Å². The smallest absolute Gasteiger partial charge is 0.243 e. The van der Waals surface area contributed by atoms with Gasteiger partial charge in [0.2, 0.25) is 10.0 Å². The lowest BCUT2D eigenvalue weighted by Crippen LogP contribution is -2.38. The predicted molar refractivity (Wildman–Crippen MR) is 73.5 cm³/mol. The van der Waals surface area contributed by atoms with Crippen molar-refractivity contribution >= 4 is 10.0 Å². The Hall–Kier alpha value is -2.24. The van der Waals surface area contributed by atoms with Gasteiger partial charge < -0.3 is 4.57 Å². The number of aromatic nitrogens is 3. The molecule has 108 valence electrons. The number of hydrogen-bond donors (Lipinski definition) is 0. The van der Waals surface area contributed by atoms with Crippen LogP contribution in [-0.2, 0) is 23.1 Å². The summed E-state index contributed by atoms with van der Waals surface area (Å²) in [6.07, 6.45) is 1.60. The third-order valence-electron chi connectivity index (χ3n) is 3.56. The number of hydrogen-bond acceptors (Lipinski definition) is 5. The third-order valence-corrected chi connectivity index (χ3v) is 5.40. The number of sulfonamides is 1. The molecule has 0 amide bonds. The number of aryl methyl sites for hydroxylation is 1. The van der Waals surface area contributed by atoms with Crippen LogP contribution in [0.15, 0.2) is 29.4 Å². The van der Waals surface area contributed by atoms with Gasteiger partial charge in [-0.2, -0.15) is 9.57 Å². The summed E-state index contributed by atoms with van der Waals surface area (Å²) in [7, 11) is -3.59. The molecule has 3 rings (SSSR count). The van der Waals surface area contributed by atoms with Crippen LogP contribution in [0.3, 0.4) is 0 Å². The molecule has 0 aliphatic carbocycles. The fraction of sp³-hybridized carbons (Fsp3) is 0.308. The van der Waals surface area contributed by atoms with Crippen LogP contribution in [0.1, 0.15) is 17.0 Å². The van der Waals surface area contributed by atoms with Crippen molar-refractivity contribution in [1.29, 1.82) is 5.26 Å². The van der Waals surface area contributed by atoms with Gasteiger partial charge in [0.1, 0.15) is 12.2 Å². The van der Waals surface area contributed by atoms with Gasteiger partial charge in [0.25, 0.3) is 0 Å². The van der Waals surface area contributed by atoms with Gasteiger partial charge in [0.15, 0.2) is 0 Å². The van der Waals surface area contributed by atoms with E-state index in [2.05, 4.69) is 10.2 Å². The second-order valence-electron chi connectivity index (χ2n) is 4.87. The molecule has 1 aromatic heterocycles. The largest absolute Gasteiger partial charge is 0.315 e. The molecule has 0 radical (unpaired) electrons. The molecule has 21 heavy (non-hydrogen) atoms. The van der Waals surface area contributed by atoms with Crippen LogP contribution in [0.2, 0.25) is 0 Å². The Morgan fingerprint density at radius 1 is 1.33 bits per heavy atom.